The van der Waals surface area contributed by atoms with Crippen molar-refractivity contribution in [2.75, 3.05) is 12.4 Å². The molecule has 28 heavy (non-hydrogen) atoms. The topological polar surface area (TPSA) is 62.8 Å². The maximum Gasteiger partial charge on any atom is 0.120 e. The maximum atomic E-state index is 5.39. The Labute approximate surface area is 164 Å². The lowest BCUT2D eigenvalue weighted by atomic mass is 9.86. The summed E-state index contributed by atoms with van der Waals surface area (Å²) in [5.41, 5.74) is 5.28. The minimum absolute atomic E-state index is 0.543. The van der Waals surface area contributed by atoms with Crippen LogP contribution in [0.2, 0.25) is 0 Å². The predicted octanol–water partition coefficient (Wildman–Crippen LogP) is 5.91. The van der Waals surface area contributed by atoms with E-state index in [9.17, 15) is 0 Å². The lowest BCUT2D eigenvalue weighted by Gasteiger charge is -2.22. The van der Waals surface area contributed by atoms with Crippen molar-refractivity contribution in [1.29, 1.82) is 0 Å². The van der Waals surface area contributed by atoms with Gasteiger partial charge in [0.2, 0.25) is 0 Å². The van der Waals surface area contributed by atoms with Crippen LogP contribution >= 0.6 is 0 Å². The van der Waals surface area contributed by atoms with E-state index in [4.69, 9.17) is 9.72 Å². The number of methoxy groups -OCH3 is 1. The van der Waals surface area contributed by atoms with Crippen LogP contribution in [0.5, 0.6) is 5.75 Å². The van der Waals surface area contributed by atoms with Crippen molar-refractivity contribution in [3.63, 3.8) is 0 Å². The molecule has 0 bridgehead atoms. The minimum Gasteiger partial charge on any atom is -0.497 e. The Kier molecular flexibility index (Phi) is 4.35. The van der Waals surface area contributed by atoms with Crippen molar-refractivity contribution in [3.8, 4) is 5.75 Å². The molecule has 0 atom stereocenters. The average Bonchev–Trinajstić information content (AvgIpc) is 3.23. The molecule has 142 valence electrons. The highest BCUT2D eigenvalue weighted by atomic mass is 16.5. The van der Waals surface area contributed by atoms with Gasteiger partial charge in [0.05, 0.1) is 30.0 Å². The van der Waals surface area contributed by atoms with E-state index >= 15 is 0 Å². The number of anilines is 2. The predicted molar refractivity (Wildman–Crippen MR) is 113 cm³/mol. The quantitative estimate of drug-likeness (QED) is 0.467. The Hall–Kier alpha value is -3.08. The molecule has 1 aliphatic rings. The molecule has 1 fully saturated rings. The number of nitrogens with zero attached hydrogens (tertiary/aromatic N) is 2. The summed E-state index contributed by atoms with van der Waals surface area (Å²) in [6, 6.07) is 14.5. The largest absolute Gasteiger partial charge is 0.497 e. The molecule has 2 aromatic heterocycles. The number of H-pyrrole nitrogens is 1. The molecular formula is C23H24N4O. The number of aromatic nitrogens is 3. The van der Waals surface area contributed by atoms with Gasteiger partial charge in [-0.1, -0.05) is 25.3 Å². The zero-order valence-corrected chi connectivity index (χ0v) is 16.0. The molecule has 0 saturated heterocycles. The Bertz CT molecular complexity index is 1130. The van der Waals surface area contributed by atoms with Crippen molar-refractivity contribution in [3.05, 3.63) is 54.4 Å². The lowest BCUT2D eigenvalue weighted by Crippen LogP contribution is -2.07. The number of rotatable bonds is 4. The van der Waals surface area contributed by atoms with Crippen molar-refractivity contribution in [1.82, 2.24) is 15.2 Å². The van der Waals surface area contributed by atoms with Gasteiger partial charge in [0.15, 0.2) is 0 Å². The van der Waals surface area contributed by atoms with Crippen LogP contribution in [0.4, 0.5) is 11.4 Å². The smallest absolute Gasteiger partial charge is 0.120 e. The Morgan fingerprint density at radius 2 is 1.96 bits per heavy atom. The van der Waals surface area contributed by atoms with Crippen molar-refractivity contribution < 1.29 is 4.74 Å². The number of pyridine rings is 1. The molecule has 4 aromatic rings. The summed E-state index contributed by atoms with van der Waals surface area (Å²) in [4.78, 5) is 5.05. The third-order valence-electron chi connectivity index (χ3n) is 5.78. The first-order valence-electron chi connectivity index (χ1n) is 9.99. The lowest BCUT2D eigenvalue weighted by molar-refractivity contribution is 0.415. The molecule has 5 heteroatoms. The van der Waals surface area contributed by atoms with Gasteiger partial charge in [-0.3, -0.25) is 10.1 Å². The van der Waals surface area contributed by atoms with E-state index in [1.54, 1.807) is 7.11 Å². The van der Waals surface area contributed by atoms with Crippen molar-refractivity contribution in [2.45, 2.75) is 38.0 Å². The Balaban J connectivity index is 1.67. The summed E-state index contributed by atoms with van der Waals surface area (Å²) in [7, 11) is 1.69. The number of nitrogens with one attached hydrogen (secondary N) is 2. The molecule has 0 spiro atoms. The first-order chi connectivity index (χ1) is 13.8. The second-order valence-corrected chi connectivity index (χ2v) is 7.58. The molecule has 2 aromatic carbocycles. The van der Waals surface area contributed by atoms with Gasteiger partial charge in [0, 0.05) is 34.1 Å². The fraction of sp³-hybridized carbons (Fsp3) is 0.304. The molecule has 1 saturated carbocycles. The second-order valence-electron chi connectivity index (χ2n) is 7.58. The number of fused-ring (bicyclic) bond motifs is 3. The first-order valence-corrected chi connectivity index (χ1v) is 9.99. The minimum atomic E-state index is 0.543. The summed E-state index contributed by atoms with van der Waals surface area (Å²) >= 11 is 0. The van der Waals surface area contributed by atoms with Crippen LogP contribution in [0, 0.1) is 0 Å². The van der Waals surface area contributed by atoms with Crippen molar-refractivity contribution in [2.24, 2.45) is 0 Å². The summed E-state index contributed by atoms with van der Waals surface area (Å²) in [5.74, 6) is 1.38. The first kappa shape index (κ1) is 17.0. The third kappa shape index (κ3) is 3.07. The number of ether oxygens (including phenoxy) is 1. The Morgan fingerprint density at radius 3 is 2.82 bits per heavy atom. The maximum absolute atomic E-state index is 5.39. The number of aromatic amines is 1. The molecule has 2 heterocycles. The van der Waals surface area contributed by atoms with Crippen LogP contribution in [0.15, 0.2) is 48.7 Å². The highest BCUT2D eigenvalue weighted by molar-refractivity contribution is 6.10. The van der Waals surface area contributed by atoms with E-state index in [1.165, 1.54) is 37.8 Å². The molecule has 0 unspecified atom stereocenters. The van der Waals surface area contributed by atoms with Gasteiger partial charge in [0.25, 0.3) is 0 Å². The van der Waals surface area contributed by atoms with E-state index in [2.05, 4.69) is 39.8 Å². The van der Waals surface area contributed by atoms with E-state index < -0.39 is 0 Å². The van der Waals surface area contributed by atoms with Crippen LogP contribution in [0.1, 0.15) is 43.7 Å². The van der Waals surface area contributed by atoms with Crippen LogP contribution in [0.3, 0.4) is 0 Å². The van der Waals surface area contributed by atoms with Crippen LogP contribution < -0.4 is 10.1 Å². The highest BCUT2D eigenvalue weighted by Gasteiger charge is 2.20. The fourth-order valence-corrected chi connectivity index (χ4v) is 4.32. The summed E-state index contributed by atoms with van der Waals surface area (Å²) in [6.45, 7) is 0. The monoisotopic (exact) mass is 372 g/mol. The average molecular weight is 372 g/mol. The zero-order chi connectivity index (χ0) is 18.9. The van der Waals surface area contributed by atoms with Gasteiger partial charge in [-0.15, -0.1) is 0 Å². The van der Waals surface area contributed by atoms with Gasteiger partial charge >= 0.3 is 0 Å². The SMILES string of the molecule is COc1cccc(Nc2cc(C3CCCCC3)nc3ccc4cn[nH]c4c23)c1. The van der Waals surface area contributed by atoms with Gasteiger partial charge in [0.1, 0.15) is 5.75 Å². The molecule has 5 nitrogen and oxygen atoms in total. The summed E-state index contributed by atoms with van der Waals surface area (Å²) < 4.78 is 5.39. The Morgan fingerprint density at radius 1 is 1.07 bits per heavy atom. The van der Waals surface area contributed by atoms with E-state index in [0.717, 1.165) is 38.9 Å². The van der Waals surface area contributed by atoms with Crippen LogP contribution in [0.25, 0.3) is 21.8 Å². The normalized spacial score (nSPS) is 15.2. The van der Waals surface area contributed by atoms with E-state index in [0.29, 0.717) is 5.92 Å². The summed E-state index contributed by atoms with van der Waals surface area (Å²) in [5, 5.41) is 13.2. The second kappa shape index (κ2) is 7.15. The highest BCUT2D eigenvalue weighted by Crippen LogP contribution is 2.37. The molecule has 0 radical (unpaired) electrons. The number of hydrogen-bond acceptors (Lipinski definition) is 4. The molecule has 1 aliphatic carbocycles. The summed E-state index contributed by atoms with van der Waals surface area (Å²) in [6.07, 6.45) is 8.24. The standard InChI is InChI=1S/C23H24N4O/c1-28-18-9-5-8-17(12-18)25-21-13-20(15-6-3-2-4-7-15)26-19-11-10-16-14-24-27-23(16)22(19)21/h5,8-15H,2-4,6-7H2,1H3,(H,24,27)(H,25,26). The van der Waals surface area contributed by atoms with Crippen LogP contribution in [-0.2, 0) is 0 Å². The number of hydrogen-bond donors (Lipinski definition) is 2. The van der Waals surface area contributed by atoms with E-state index in [-0.39, 0.29) is 0 Å². The molecule has 5 rings (SSSR count). The van der Waals surface area contributed by atoms with E-state index in [1.807, 2.05) is 24.4 Å². The molecule has 0 amide bonds. The number of benzene rings is 2. The molecular weight excluding hydrogens is 348 g/mol. The van der Waals surface area contributed by atoms with Crippen molar-refractivity contribution >= 4 is 33.2 Å². The van der Waals surface area contributed by atoms with Gasteiger partial charge in [-0.25, -0.2) is 0 Å². The molecule has 2 N–H and O–H groups in total. The van der Waals surface area contributed by atoms with Gasteiger partial charge < -0.3 is 10.1 Å². The molecule has 0 aliphatic heterocycles. The zero-order valence-electron chi connectivity index (χ0n) is 16.0. The fourth-order valence-electron chi connectivity index (χ4n) is 4.32. The third-order valence-corrected chi connectivity index (χ3v) is 5.78. The van der Waals surface area contributed by atoms with Gasteiger partial charge in [-0.05, 0) is 43.2 Å². The van der Waals surface area contributed by atoms with Crippen LogP contribution in [-0.4, -0.2) is 22.3 Å². The van der Waals surface area contributed by atoms with Gasteiger partial charge in [-0.2, -0.15) is 5.10 Å².